The molecule has 0 aromatic carbocycles. The van der Waals surface area contributed by atoms with Crippen molar-refractivity contribution in [2.45, 2.75) is 83.2 Å². The molecule has 3 unspecified atom stereocenters. The van der Waals surface area contributed by atoms with Crippen LogP contribution < -0.4 is 0 Å². The van der Waals surface area contributed by atoms with Crippen LogP contribution >= 0.6 is 7.92 Å². The van der Waals surface area contributed by atoms with Crippen molar-refractivity contribution in [3.05, 3.63) is 0 Å². The van der Waals surface area contributed by atoms with Crippen LogP contribution in [-0.2, 0) is 0 Å². The Balaban J connectivity index is 2.07. The summed E-state index contributed by atoms with van der Waals surface area (Å²) in [7, 11) is 0.277. The maximum Gasteiger partial charge on any atom is -0.0173 e. The molecule has 2 aliphatic carbocycles. The molecule has 0 nitrogen and oxygen atoms in total. The Labute approximate surface area is 103 Å². The van der Waals surface area contributed by atoms with E-state index in [2.05, 4.69) is 27.7 Å². The molecule has 0 aliphatic heterocycles. The van der Waals surface area contributed by atoms with Gasteiger partial charge in [0, 0.05) is 0 Å². The summed E-state index contributed by atoms with van der Waals surface area (Å²) in [5, 5.41) is 0. The van der Waals surface area contributed by atoms with Crippen LogP contribution in [0.15, 0.2) is 0 Å². The number of hydrogen-bond acceptors (Lipinski definition) is 0. The van der Waals surface area contributed by atoms with E-state index in [0.29, 0.717) is 0 Å². The third-order valence-electron chi connectivity index (χ3n) is 4.87. The lowest BCUT2D eigenvalue weighted by molar-refractivity contribution is 0.279. The summed E-state index contributed by atoms with van der Waals surface area (Å²) in [6, 6.07) is 0. The molecular formula is C15H29P. The van der Waals surface area contributed by atoms with Crippen LogP contribution in [0.5, 0.6) is 0 Å². The van der Waals surface area contributed by atoms with Crippen LogP contribution in [0.1, 0.15) is 66.2 Å². The highest BCUT2D eigenvalue weighted by molar-refractivity contribution is 7.59. The van der Waals surface area contributed by atoms with Gasteiger partial charge in [0.05, 0.1) is 0 Å². The first kappa shape index (κ1) is 12.9. The van der Waals surface area contributed by atoms with Gasteiger partial charge in [0.15, 0.2) is 0 Å². The molecule has 2 fully saturated rings. The van der Waals surface area contributed by atoms with Gasteiger partial charge in [-0.2, -0.15) is 0 Å². The summed E-state index contributed by atoms with van der Waals surface area (Å²) in [5.41, 5.74) is 3.02. The summed E-state index contributed by atoms with van der Waals surface area (Å²) in [4.78, 5) is 0. The molecule has 3 atom stereocenters. The maximum atomic E-state index is 2.47. The Kier molecular flexibility index (Phi) is 4.33. The fourth-order valence-electron chi connectivity index (χ4n) is 4.43. The van der Waals surface area contributed by atoms with Crippen LogP contribution in [0.25, 0.3) is 0 Å². The molecule has 2 aliphatic rings. The zero-order valence-corrected chi connectivity index (χ0v) is 12.5. The third-order valence-corrected chi connectivity index (χ3v) is 8.66. The molecule has 0 aromatic heterocycles. The van der Waals surface area contributed by atoms with Crippen molar-refractivity contribution in [2.24, 2.45) is 11.8 Å². The highest BCUT2D eigenvalue weighted by atomic mass is 31.1. The van der Waals surface area contributed by atoms with E-state index in [1.54, 1.807) is 25.7 Å². The van der Waals surface area contributed by atoms with Gasteiger partial charge in [-0.05, 0) is 48.1 Å². The third kappa shape index (κ3) is 2.47. The van der Waals surface area contributed by atoms with E-state index in [4.69, 9.17) is 0 Å². The van der Waals surface area contributed by atoms with Crippen LogP contribution in [0.2, 0.25) is 0 Å². The minimum atomic E-state index is 0.277. The summed E-state index contributed by atoms with van der Waals surface area (Å²) in [5.74, 6) is 2.26. The molecule has 2 rings (SSSR count). The van der Waals surface area contributed by atoms with Gasteiger partial charge in [-0.3, -0.25) is 0 Å². The molecule has 0 saturated heterocycles. The standard InChI is InChI=1S/C15H29P/c1-11(2)16(12(3)4)15-10-9-13-7-5-6-8-14(13)15/h11-15H,5-10H2,1-4H3. The fraction of sp³-hybridized carbons (Fsp3) is 1.00. The van der Waals surface area contributed by atoms with Crippen molar-refractivity contribution < 1.29 is 0 Å². The van der Waals surface area contributed by atoms with Crippen molar-refractivity contribution in [2.75, 3.05) is 0 Å². The predicted octanol–water partition coefficient (Wildman–Crippen LogP) is 5.25. The van der Waals surface area contributed by atoms with E-state index in [9.17, 15) is 0 Å². The highest BCUT2D eigenvalue weighted by Gasteiger charge is 2.42. The van der Waals surface area contributed by atoms with Gasteiger partial charge in [-0.25, -0.2) is 0 Å². The first-order valence-corrected chi connectivity index (χ1v) is 8.93. The van der Waals surface area contributed by atoms with Gasteiger partial charge < -0.3 is 0 Å². The molecule has 0 amide bonds. The van der Waals surface area contributed by atoms with E-state index in [1.807, 2.05) is 0 Å². The summed E-state index contributed by atoms with van der Waals surface area (Å²) >= 11 is 0. The number of hydrogen-bond donors (Lipinski definition) is 0. The molecule has 16 heavy (non-hydrogen) atoms. The van der Waals surface area contributed by atoms with Gasteiger partial charge >= 0.3 is 0 Å². The molecule has 0 aromatic rings. The van der Waals surface area contributed by atoms with E-state index in [-0.39, 0.29) is 7.92 Å². The van der Waals surface area contributed by atoms with Crippen molar-refractivity contribution in [1.29, 1.82) is 0 Å². The summed E-state index contributed by atoms with van der Waals surface area (Å²) in [6.07, 6.45) is 9.30. The Hall–Kier alpha value is 0.430. The average molecular weight is 240 g/mol. The minimum Gasteiger partial charge on any atom is -0.0980 e. The van der Waals surface area contributed by atoms with E-state index in [0.717, 1.165) is 28.8 Å². The van der Waals surface area contributed by atoms with Crippen LogP contribution in [-0.4, -0.2) is 17.0 Å². The van der Waals surface area contributed by atoms with Crippen molar-refractivity contribution in [1.82, 2.24) is 0 Å². The second-order valence-corrected chi connectivity index (χ2v) is 10.1. The van der Waals surface area contributed by atoms with Gasteiger partial charge in [-0.15, -0.1) is 0 Å². The molecule has 1 heteroatoms. The Morgan fingerprint density at radius 1 is 0.812 bits per heavy atom. The van der Waals surface area contributed by atoms with Crippen molar-refractivity contribution in [3.63, 3.8) is 0 Å². The first-order valence-electron chi connectivity index (χ1n) is 7.38. The molecule has 0 heterocycles. The zero-order valence-electron chi connectivity index (χ0n) is 11.6. The van der Waals surface area contributed by atoms with E-state index < -0.39 is 0 Å². The summed E-state index contributed by atoms with van der Waals surface area (Å²) < 4.78 is 0. The highest BCUT2D eigenvalue weighted by Crippen LogP contribution is 2.61. The summed E-state index contributed by atoms with van der Waals surface area (Å²) in [6.45, 7) is 9.90. The quantitative estimate of drug-likeness (QED) is 0.591. The van der Waals surface area contributed by atoms with Crippen LogP contribution in [0, 0.1) is 11.8 Å². The van der Waals surface area contributed by atoms with E-state index in [1.165, 1.54) is 12.8 Å². The second kappa shape index (κ2) is 5.38. The second-order valence-electron chi connectivity index (χ2n) is 6.49. The van der Waals surface area contributed by atoms with Crippen molar-refractivity contribution in [3.8, 4) is 0 Å². The maximum absolute atomic E-state index is 2.47. The topological polar surface area (TPSA) is 0 Å². The van der Waals surface area contributed by atoms with Crippen LogP contribution in [0.3, 0.4) is 0 Å². The normalized spacial score (nSPS) is 35.1. The molecule has 2 saturated carbocycles. The molecule has 0 spiro atoms. The fourth-order valence-corrected chi connectivity index (χ4v) is 8.44. The minimum absolute atomic E-state index is 0.277. The molecule has 0 bridgehead atoms. The molecule has 0 N–H and O–H groups in total. The van der Waals surface area contributed by atoms with Gasteiger partial charge in [0.2, 0.25) is 0 Å². The Morgan fingerprint density at radius 2 is 1.44 bits per heavy atom. The van der Waals surface area contributed by atoms with Crippen molar-refractivity contribution >= 4 is 7.92 Å². The average Bonchev–Trinajstić information content (AvgIpc) is 2.61. The monoisotopic (exact) mass is 240 g/mol. The molecule has 94 valence electrons. The lowest BCUT2D eigenvalue weighted by Gasteiger charge is -2.38. The van der Waals surface area contributed by atoms with E-state index >= 15 is 0 Å². The first-order chi connectivity index (χ1) is 7.61. The molecule has 0 radical (unpaired) electrons. The van der Waals surface area contributed by atoms with Gasteiger partial charge in [0.1, 0.15) is 0 Å². The SMILES string of the molecule is CC(C)P(C(C)C)C1CCC2CCCCC21. The number of fused-ring (bicyclic) bond motifs is 1. The number of rotatable bonds is 3. The predicted molar refractivity (Wildman–Crippen MR) is 75.7 cm³/mol. The largest absolute Gasteiger partial charge is 0.0980 e. The Bertz CT molecular complexity index is 213. The molecular weight excluding hydrogens is 211 g/mol. The Morgan fingerprint density at radius 3 is 2.06 bits per heavy atom. The van der Waals surface area contributed by atoms with Crippen LogP contribution in [0.4, 0.5) is 0 Å². The zero-order chi connectivity index (χ0) is 11.7. The lowest BCUT2D eigenvalue weighted by atomic mass is 9.82. The lowest BCUT2D eigenvalue weighted by Crippen LogP contribution is -2.26. The smallest absolute Gasteiger partial charge is 0.0173 e. The van der Waals surface area contributed by atoms with Gasteiger partial charge in [-0.1, -0.05) is 54.9 Å². The van der Waals surface area contributed by atoms with Gasteiger partial charge in [0.25, 0.3) is 0 Å².